The SMILES string of the molecule is Fc1ccc(N2CCC(NCCCOC3CCCCC3)CC2)cc1F. The number of piperidine rings is 1. The lowest BCUT2D eigenvalue weighted by Crippen LogP contribution is -2.43. The molecular weight excluding hydrogens is 322 g/mol. The van der Waals surface area contributed by atoms with Crippen molar-refractivity contribution in [3.63, 3.8) is 0 Å². The van der Waals surface area contributed by atoms with Crippen molar-refractivity contribution in [2.75, 3.05) is 31.1 Å². The first kappa shape index (κ1) is 18.6. The van der Waals surface area contributed by atoms with Crippen molar-refractivity contribution in [3.05, 3.63) is 29.8 Å². The number of anilines is 1. The van der Waals surface area contributed by atoms with E-state index < -0.39 is 11.6 Å². The summed E-state index contributed by atoms with van der Waals surface area (Å²) in [6, 6.07) is 4.68. The summed E-state index contributed by atoms with van der Waals surface area (Å²) in [4.78, 5) is 2.13. The molecule has 1 heterocycles. The van der Waals surface area contributed by atoms with Gasteiger partial charge in [-0.3, -0.25) is 0 Å². The molecule has 0 spiro atoms. The normalized spacial score (nSPS) is 20.2. The van der Waals surface area contributed by atoms with Crippen LogP contribution in [0.5, 0.6) is 0 Å². The molecule has 3 nitrogen and oxygen atoms in total. The molecule has 0 aromatic heterocycles. The van der Waals surface area contributed by atoms with Gasteiger partial charge in [0.05, 0.1) is 6.10 Å². The Balaban J connectivity index is 1.29. The van der Waals surface area contributed by atoms with Crippen LogP contribution in [0.2, 0.25) is 0 Å². The first-order valence-electron chi connectivity index (χ1n) is 9.77. The zero-order valence-electron chi connectivity index (χ0n) is 15.0. The van der Waals surface area contributed by atoms with Crippen LogP contribution in [-0.2, 0) is 4.74 Å². The van der Waals surface area contributed by atoms with E-state index in [0.29, 0.717) is 12.1 Å². The van der Waals surface area contributed by atoms with Crippen LogP contribution in [0.25, 0.3) is 0 Å². The maximum atomic E-state index is 13.4. The number of benzene rings is 1. The number of nitrogens with zero attached hydrogens (tertiary/aromatic N) is 1. The van der Waals surface area contributed by atoms with Crippen molar-refractivity contribution in [1.29, 1.82) is 0 Å². The molecular formula is C20H30F2N2O. The fraction of sp³-hybridized carbons (Fsp3) is 0.700. The van der Waals surface area contributed by atoms with Crippen LogP contribution in [0.15, 0.2) is 18.2 Å². The highest BCUT2D eigenvalue weighted by molar-refractivity contribution is 5.47. The van der Waals surface area contributed by atoms with Crippen LogP contribution < -0.4 is 10.2 Å². The van der Waals surface area contributed by atoms with Gasteiger partial charge in [0, 0.05) is 37.5 Å². The summed E-state index contributed by atoms with van der Waals surface area (Å²) in [5, 5.41) is 3.61. The van der Waals surface area contributed by atoms with Gasteiger partial charge in [-0.1, -0.05) is 19.3 Å². The van der Waals surface area contributed by atoms with Gasteiger partial charge >= 0.3 is 0 Å². The van der Waals surface area contributed by atoms with Gasteiger partial charge in [0.25, 0.3) is 0 Å². The van der Waals surface area contributed by atoms with Crippen molar-refractivity contribution in [2.45, 2.75) is 63.5 Å². The van der Waals surface area contributed by atoms with Crippen LogP contribution in [0.1, 0.15) is 51.4 Å². The maximum Gasteiger partial charge on any atom is 0.160 e. The zero-order valence-corrected chi connectivity index (χ0v) is 15.0. The fourth-order valence-corrected chi connectivity index (χ4v) is 3.88. The van der Waals surface area contributed by atoms with Crippen LogP contribution in [0, 0.1) is 11.6 Å². The van der Waals surface area contributed by atoms with Gasteiger partial charge in [-0.15, -0.1) is 0 Å². The lowest BCUT2D eigenvalue weighted by Gasteiger charge is -2.34. The van der Waals surface area contributed by atoms with Gasteiger partial charge in [-0.05, 0) is 50.8 Å². The Morgan fingerprint density at radius 1 is 1.00 bits per heavy atom. The van der Waals surface area contributed by atoms with Crippen LogP contribution in [-0.4, -0.2) is 38.4 Å². The monoisotopic (exact) mass is 352 g/mol. The molecule has 1 aliphatic carbocycles. The minimum atomic E-state index is -0.782. The highest BCUT2D eigenvalue weighted by Crippen LogP contribution is 2.22. The Hall–Kier alpha value is -1.20. The molecule has 0 unspecified atom stereocenters. The van der Waals surface area contributed by atoms with E-state index in [1.807, 2.05) is 0 Å². The summed E-state index contributed by atoms with van der Waals surface area (Å²) in [5.74, 6) is -1.55. The third kappa shape index (κ3) is 5.65. The summed E-state index contributed by atoms with van der Waals surface area (Å²) < 4.78 is 32.3. The fourth-order valence-electron chi connectivity index (χ4n) is 3.88. The molecule has 2 fully saturated rings. The first-order valence-corrected chi connectivity index (χ1v) is 9.77. The van der Waals surface area contributed by atoms with Gasteiger partial charge in [-0.25, -0.2) is 8.78 Å². The van der Waals surface area contributed by atoms with Gasteiger partial charge in [0.2, 0.25) is 0 Å². The Kier molecular flexibility index (Phi) is 7.05. The van der Waals surface area contributed by atoms with Crippen molar-refractivity contribution < 1.29 is 13.5 Å². The summed E-state index contributed by atoms with van der Waals surface area (Å²) in [6.07, 6.45) is 10.1. The molecule has 1 aliphatic heterocycles. The molecule has 3 rings (SSSR count). The average molecular weight is 352 g/mol. The van der Waals surface area contributed by atoms with Gasteiger partial charge in [0.15, 0.2) is 11.6 Å². The third-order valence-corrected chi connectivity index (χ3v) is 5.42. The number of ether oxygens (including phenoxy) is 1. The largest absolute Gasteiger partial charge is 0.378 e. The number of nitrogens with one attached hydrogen (secondary N) is 1. The molecule has 1 aromatic carbocycles. The number of rotatable bonds is 7. The smallest absolute Gasteiger partial charge is 0.160 e. The Labute approximate surface area is 149 Å². The zero-order chi connectivity index (χ0) is 17.5. The van der Waals surface area contributed by atoms with E-state index in [4.69, 9.17) is 4.74 Å². The van der Waals surface area contributed by atoms with E-state index in [-0.39, 0.29) is 0 Å². The quantitative estimate of drug-likeness (QED) is 0.742. The number of halogens is 2. The van der Waals surface area contributed by atoms with Crippen LogP contribution in [0.3, 0.4) is 0 Å². The van der Waals surface area contributed by atoms with E-state index >= 15 is 0 Å². The molecule has 0 amide bonds. The van der Waals surface area contributed by atoms with Crippen LogP contribution >= 0.6 is 0 Å². The van der Waals surface area contributed by atoms with Gasteiger partial charge in [0.1, 0.15) is 0 Å². The first-order chi connectivity index (χ1) is 12.2. The van der Waals surface area contributed by atoms with Crippen molar-refractivity contribution in [1.82, 2.24) is 5.32 Å². The second kappa shape index (κ2) is 9.48. The average Bonchev–Trinajstić information content (AvgIpc) is 2.65. The standard InChI is InChI=1S/C20H30F2N2O/c21-19-8-7-17(15-20(19)22)24-12-9-16(10-13-24)23-11-4-14-25-18-5-2-1-3-6-18/h7-8,15-16,18,23H,1-6,9-14H2. The molecule has 140 valence electrons. The van der Waals surface area contributed by atoms with Gasteiger partial charge in [-0.2, -0.15) is 0 Å². The molecule has 0 radical (unpaired) electrons. The molecule has 1 saturated heterocycles. The summed E-state index contributed by atoms with van der Waals surface area (Å²) in [7, 11) is 0. The van der Waals surface area contributed by atoms with Crippen molar-refractivity contribution >= 4 is 5.69 Å². The van der Waals surface area contributed by atoms with E-state index in [9.17, 15) is 8.78 Å². The molecule has 1 saturated carbocycles. The topological polar surface area (TPSA) is 24.5 Å². The number of hydrogen-bond donors (Lipinski definition) is 1. The highest BCUT2D eigenvalue weighted by atomic mass is 19.2. The lowest BCUT2D eigenvalue weighted by atomic mass is 9.98. The lowest BCUT2D eigenvalue weighted by molar-refractivity contribution is 0.0270. The molecule has 1 N–H and O–H groups in total. The van der Waals surface area contributed by atoms with E-state index in [1.54, 1.807) is 6.07 Å². The van der Waals surface area contributed by atoms with E-state index in [1.165, 1.54) is 44.2 Å². The van der Waals surface area contributed by atoms with E-state index in [0.717, 1.165) is 51.2 Å². The second-order valence-electron chi connectivity index (χ2n) is 7.30. The molecule has 2 aliphatic rings. The van der Waals surface area contributed by atoms with Crippen LogP contribution in [0.4, 0.5) is 14.5 Å². The molecule has 0 bridgehead atoms. The van der Waals surface area contributed by atoms with E-state index in [2.05, 4.69) is 10.2 Å². The Morgan fingerprint density at radius 2 is 1.76 bits per heavy atom. The summed E-state index contributed by atoms with van der Waals surface area (Å²) in [5.41, 5.74) is 0.776. The molecule has 25 heavy (non-hydrogen) atoms. The van der Waals surface area contributed by atoms with Crippen molar-refractivity contribution in [3.8, 4) is 0 Å². The highest BCUT2D eigenvalue weighted by Gasteiger charge is 2.20. The maximum absolute atomic E-state index is 13.4. The molecule has 0 atom stereocenters. The minimum absolute atomic E-state index is 0.494. The number of hydrogen-bond acceptors (Lipinski definition) is 3. The Morgan fingerprint density at radius 3 is 2.48 bits per heavy atom. The second-order valence-corrected chi connectivity index (χ2v) is 7.30. The third-order valence-electron chi connectivity index (χ3n) is 5.42. The summed E-state index contributed by atoms with van der Waals surface area (Å²) >= 11 is 0. The predicted octanol–water partition coefficient (Wildman–Crippen LogP) is 4.26. The molecule has 5 heteroatoms. The van der Waals surface area contributed by atoms with Gasteiger partial charge < -0.3 is 15.0 Å². The minimum Gasteiger partial charge on any atom is -0.378 e. The van der Waals surface area contributed by atoms with Crippen molar-refractivity contribution in [2.24, 2.45) is 0 Å². The Bertz CT molecular complexity index is 526. The predicted molar refractivity (Wildman–Crippen MR) is 97.0 cm³/mol. The molecule has 1 aromatic rings. The summed E-state index contributed by atoms with van der Waals surface area (Å²) in [6.45, 7) is 3.59.